The maximum Gasteiger partial charge on any atom is 0.401 e. The number of likely N-dealkylation sites (tertiary alicyclic amines) is 1. The van der Waals surface area contributed by atoms with Gasteiger partial charge in [0.15, 0.2) is 5.75 Å². The highest BCUT2D eigenvalue weighted by Crippen LogP contribution is 2.46. The van der Waals surface area contributed by atoms with Crippen molar-refractivity contribution in [2.75, 3.05) is 37.3 Å². The molecule has 2 heterocycles. The van der Waals surface area contributed by atoms with E-state index in [9.17, 15) is 22.8 Å². The summed E-state index contributed by atoms with van der Waals surface area (Å²) in [4.78, 5) is 25.3. The van der Waals surface area contributed by atoms with E-state index in [1.807, 2.05) is 0 Å². The van der Waals surface area contributed by atoms with E-state index in [1.165, 1.54) is 30.0 Å². The number of ether oxygens (including phenoxy) is 1. The Morgan fingerprint density at radius 2 is 1.87 bits per heavy atom. The zero-order chi connectivity index (χ0) is 27.8. The number of hydrogen-bond acceptors (Lipinski definition) is 6. The second kappa shape index (κ2) is 10.6. The molecule has 0 radical (unpaired) electrons. The van der Waals surface area contributed by atoms with Crippen LogP contribution < -0.4 is 15.4 Å². The summed E-state index contributed by atoms with van der Waals surface area (Å²) in [5, 5.41) is 5.81. The summed E-state index contributed by atoms with van der Waals surface area (Å²) < 4.78 is 77.2. The second-order valence-corrected chi connectivity index (χ2v) is 9.36. The van der Waals surface area contributed by atoms with Gasteiger partial charge in [-0.3, -0.25) is 14.5 Å². The number of amides is 1. The van der Waals surface area contributed by atoms with Crippen LogP contribution in [-0.2, 0) is 16.0 Å². The maximum atomic E-state index is 15.6. The summed E-state index contributed by atoms with van der Waals surface area (Å²) in [5.74, 6) is -2.21. The molecule has 0 spiro atoms. The maximum absolute atomic E-state index is 15.6. The molecule has 7 nitrogen and oxygen atoms in total. The van der Waals surface area contributed by atoms with Crippen LogP contribution in [0.1, 0.15) is 29.7 Å². The van der Waals surface area contributed by atoms with Crippen LogP contribution in [-0.4, -0.2) is 67.1 Å². The molecule has 2 atom stereocenters. The van der Waals surface area contributed by atoms with Crippen molar-refractivity contribution in [2.24, 2.45) is 0 Å². The third kappa shape index (κ3) is 5.31. The van der Waals surface area contributed by atoms with Gasteiger partial charge in [-0.2, -0.15) is 13.2 Å². The number of nitrogens with one attached hydrogen (secondary N) is 2. The van der Waals surface area contributed by atoms with Gasteiger partial charge in [0, 0.05) is 43.0 Å². The van der Waals surface area contributed by atoms with Gasteiger partial charge in [0.1, 0.15) is 11.6 Å². The molecule has 0 saturated carbocycles. The molecule has 204 valence electrons. The highest BCUT2D eigenvalue weighted by Gasteiger charge is 2.43. The van der Waals surface area contributed by atoms with E-state index in [0.717, 1.165) is 17.0 Å². The fourth-order valence-electron chi connectivity index (χ4n) is 5.15. The number of alkyl halides is 3. The number of hydrogen-bond donors (Lipinski definition) is 2. The fourth-order valence-corrected chi connectivity index (χ4v) is 5.15. The molecule has 12 heteroatoms. The van der Waals surface area contributed by atoms with Crippen molar-refractivity contribution in [2.45, 2.75) is 37.6 Å². The number of carbonyl (C=O) groups is 2. The normalized spacial score (nSPS) is 19.8. The Hall–Kier alpha value is -3.67. The molecule has 1 fully saturated rings. The molecular formula is C26H27F5N4O3. The average Bonchev–Trinajstić information content (AvgIpc) is 2.81. The Labute approximate surface area is 216 Å². The Kier molecular flexibility index (Phi) is 7.63. The predicted octanol–water partition coefficient (Wildman–Crippen LogP) is 4.25. The number of fused-ring (bicyclic) bond motifs is 1. The summed E-state index contributed by atoms with van der Waals surface area (Å²) in [6.45, 7) is 4.37. The van der Waals surface area contributed by atoms with Crippen molar-refractivity contribution in [1.29, 1.82) is 0 Å². The standard InChI is InChI=1S/C26H27F5N4O3/c1-4-22(37)34-10-16(11-34)33-15-8-19(27)23(20(28)9-15)24-17-5-6-21(32-3)25(38-13-36)18(17)7-14(2)35(24)12-26(29,30)31/h4-6,8-9,13-14,16,24,32-33H,1,7,10-12H2,2-3H3/t14-,24?/m1/s1. The van der Waals surface area contributed by atoms with Crippen LogP contribution in [0.25, 0.3) is 0 Å². The predicted molar refractivity (Wildman–Crippen MR) is 131 cm³/mol. The van der Waals surface area contributed by atoms with Crippen LogP contribution in [0.4, 0.5) is 33.3 Å². The van der Waals surface area contributed by atoms with Crippen LogP contribution in [0.5, 0.6) is 5.75 Å². The Bertz CT molecular complexity index is 1220. The minimum absolute atomic E-state index is 0.0606. The first-order valence-corrected chi connectivity index (χ1v) is 11.9. The summed E-state index contributed by atoms with van der Waals surface area (Å²) in [6.07, 6.45) is -3.40. The number of benzene rings is 2. The fraction of sp³-hybridized carbons (Fsp3) is 0.385. The molecule has 2 N–H and O–H groups in total. The van der Waals surface area contributed by atoms with Crippen molar-refractivity contribution in [3.63, 3.8) is 0 Å². The van der Waals surface area contributed by atoms with Crippen LogP contribution >= 0.6 is 0 Å². The smallest absolute Gasteiger partial charge is 0.401 e. The zero-order valence-electron chi connectivity index (χ0n) is 20.7. The van der Waals surface area contributed by atoms with Crippen molar-refractivity contribution >= 4 is 23.8 Å². The van der Waals surface area contributed by atoms with Crippen molar-refractivity contribution in [3.8, 4) is 5.75 Å². The number of anilines is 2. The van der Waals surface area contributed by atoms with Gasteiger partial charge in [-0.15, -0.1) is 0 Å². The van der Waals surface area contributed by atoms with E-state index < -0.39 is 42.0 Å². The quantitative estimate of drug-likeness (QED) is 0.298. The summed E-state index contributed by atoms with van der Waals surface area (Å²) in [7, 11) is 1.58. The third-order valence-electron chi connectivity index (χ3n) is 6.88. The van der Waals surface area contributed by atoms with E-state index >= 15 is 8.78 Å². The van der Waals surface area contributed by atoms with Gasteiger partial charge < -0.3 is 20.3 Å². The lowest BCUT2D eigenvalue weighted by atomic mass is 9.83. The lowest BCUT2D eigenvalue weighted by molar-refractivity contribution is -0.155. The molecule has 0 aromatic heterocycles. The summed E-state index contributed by atoms with van der Waals surface area (Å²) >= 11 is 0. The number of rotatable bonds is 8. The van der Waals surface area contributed by atoms with Crippen LogP contribution in [0.15, 0.2) is 36.9 Å². The molecule has 2 aromatic carbocycles. The van der Waals surface area contributed by atoms with E-state index in [1.54, 1.807) is 7.05 Å². The lowest BCUT2D eigenvalue weighted by Gasteiger charge is -2.43. The Morgan fingerprint density at radius 1 is 1.21 bits per heavy atom. The molecule has 2 aliphatic heterocycles. The Morgan fingerprint density at radius 3 is 2.42 bits per heavy atom. The number of halogens is 5. The zero-order valence-corrected chi connectivity index (χ0v) is 20.7. The van der Waals surface area contributed by atoms with Crippen LogP contribution in [0.2, 0.25) is 0 Å². The van der Waals surface area contributed by atoms with Gasteiger partial charge in [0.2, 0.25) is 5.91 Å². The SMILES string of the molecule is C=CC(=O)N1CC(Nc2cc(F)c(C3c4ccc(NC)c(OC=O)c4C[C@@H](C)N3CC(F)(F)F)c(F)c2)C1. The van der Waals surface area contributed by atoms with Gasteiger partial charge in [-0.05, 0) is 43.2 Å². The molecule has 38 heavy (non-hydrogen) atoms. The van der Waals surface area contributed by atoms with Crippen molar-refractivity contribution < 1.29 is 36.3 Å². The molecule has 1 saturated heterocycles. The molecule has 1 amide bonds. The Balaban J connectivity index is 1.76. The molecular weight excluding hydrogens is 511 g/mol. The van der Waals surface area contributed by atoms with Gasteiger partial charge in [-0.1, -0.05) is 12.6 Å². The van der Waals surface area contributed by atoms with E-state index in [0.29, 0.717) is 24.3 Å². The summed E-state index contributed by atoms with van der Waals surface area (Å²) in [6, 6.07) is 2.57. The van der Waals surface area contributed by atoms with Gasteiger partial charge in [-0.25, -0.2) is 8.78 Å². The highest BCUT2D eigenvalue weighted by atomic mass is 19.4. The first-order valence-electron chi connectivity index (χ1n) is 11.9. The first kappa shape index (κ1) is 27.4. The topological polar surface area (TPSA) is 73.9 Å². The van der Waals surface area contributed by atoms with Crippen LogP contribution in [0, 0.1) is 11.6 Å². The average molecular weight is 539 g/mol. The number of carbonyl (C=O) groups excluding carboxylic acids is 2. The minimum atomic E-state index is -4.63. The van der Waals surface area contributed by atoms with Gasteiger partial charge in [0.05, 0.1) is 24.3 Å². The van der Waals surface area contributed by atoms with E-state index in [4.69, 9.17) is 4.74 Å². The highest BCUT2D eigenvalue weighted by molar-refractivity contribution is 5.87. The molecule has 2 aliphatic rings. The molecule has 2 aromatic rings. The van der Waals surface area contributed by atoms with Crippen molar-refractivity contribution in [1.82, 2.24) is 9.80 Å². The van der Waals surface area contributed by atoms with Gasteiger partial charge >= 0.3 is 6.18 Å². The monoisotopic (exact) mass is 538 g/mol. The van der Waals surface area contributed by atoms with Crippen LogP contribution in [0.3, 0.4) is 0 Å². The largest absolute Gasteiger partial charge is 0.426 e. The number of nitrogens with zero attached hydrogens (tertiary/aromatic N) is 2. The molecule has 4 rings (SSSR count). The van der Waals surface area contributed by atoms with Gasteiger partial charge in [0.25, 0.3) is 6.47 Å². The van der Waals surface area contributed by atoms with E-state index in [2.05, 4.69) is 17.2 Å². The summed E-state index contributed by atoms with van der Waals surface area (Å²) in [5.41, 5.74) is 0.568. The third-order valence-corrected chi connectivity index (χ3v) is 6.88. The lowest BCUT2D eigenvalue weighted by Crippen LogP contribution is -2.56. The second-order valence-electron chi connectivity index (χ2n) is 9.36. The van der Waals surface area contributed by atoms with E-state index in [-0.39, 0.29) is 41.8 Å². The minimum Gasteiger partial charge on any atom is -0.426 e. The first-order chi connectivity index (χ1) is 18.0. The molecule has 1 unspecified atom stereocenters. The van der Waals surface area contributed by atoms with Crippen molar-refractivity contribution in [3.05, 3.63) is 65.2 Å². The molecule has 0 aliphatic carbocycles. The molecule has 0 bridgehead atoms.